The molecule has 0 radical (unpaired) electrons. The van der Waals surface area contributed by atoms with Gasteiger partial charge in [0.1, 0.15) is 0 Å². The van der Waals surface area contributed by atoms with Crippen LogP contribution in [-0.4, -0.2) is 67.1 Å². The molecule has 0 atom stereocenters. The maximum atomic E-state index is 5.93. The van der Waals surface area contributed by atoms with Crippen molar-refractivity contribution in [1.82, 2.24) is 20.0 Å². The summed E-state index contributed by atoms with van der Waals surface area (Å²) >= 11 is 0. The first-order chi connectivity index (χ1) is 11.1. The zero-order valence-electron chi connectivity index (χ0n) is 14.3. The lowest BCUT2D eigenvalue weighted by Gasteiger charge is -2.26. The lowest BCUT2D eigenvalue weighted by atomic mass is 10.2. The molecule has 0 amide bonds. The summed E-state index contributed by atoms with van der Waals surface area (Å²) in [7, 11) is 3.49. The van der Waals surface area contributed by atoms with Gasteiger partial charge in [0, 0.05) is 26.7 Å². The maximum Gasteiger partial charge on any atom is 0.216 e. The second-order valence-corrected chi connectivity index (χ2v) is 5.63. The molecule has 23 heavy (non-hydrogen) atoms. The van der Waals surface area contributed by atoms with Crippen molar-refractivity contribution in [2.24, 2.45) is 17.8 Å². The van der Waals surface area contributed by atoms with E-state index in [1.165, 1.54) is 0 Å². The molecule has 1 aromatic rings. The highest BCUT2D eigenvalue weighted by molar-refractivity contribution is 5.77. The van der Waals surface area contributed by atoms with Gasteiger partial charge in [-0.05, 0) is 19.9 Å². The third-order valence-corrected chi connectivity index (χ3v) is 3.95. The Morgan fingerprint density at radius 3 is 2.87 bits per heavy atom. The molecule has 1 aliphatic rings. The lowest BCUT2D eigenvalue weighted by Crippen LogP contribution is -2.39. The molecule has 8 heteroatoms. The number of aromatic nitrogens is 2. The molecule has 0 aliphatic carbocycles. The van der Waals surface area contributed by atoms with Gasteiger partial charge in [-0.1, -0.05) is 0 Å². The second kappa shape index (κ2) is 8.73. The Balaban J connectivity index is 1.73. The molecular weight excluding hydrogens is 296 g/mol. The summed E-state index contributed by atoms with van der Waals surface area (Å²) in [6, 6.07) is 0. The summed E-state index contributed by atoms with van der Waals surface area (Å²) < 4.78 is 12.4. The van der Waals surface area contributed by atoms with Crippen molar-refractivity contribution < 1.29 is 9.47 Å². The van der Waals surface area contributed by atoms with Crippen LogP contribution in [0.15, 0.2) is 4.99 Å². The van der Waals surface area contributed by atoms with Gasteiger partial charge in [0.15, 0.2) is 5.96 Å². The Hall–Kier alpha value is -1.80. The number of hydrogen-bond acceptors (Lipinski definition) is 5. The van der Waals surface area contributed by atoms with E-state index in [1.54, 1.807) is 11.8 Å². The fourth-order valence-electron chi connectivity index (χ4n) is 2.68. The number of hydrogen-bond donors (Lipinski definition) is 2. The number of guanidine groups is 1. The van der Waals surface area contributed by atoms with Gasteiger partial charge in [-0.25, -0.2) is 9.67 Å². The number of nitrogens with two attached hydrogens (primary N) is 1. The van der Waals surface area contributed by atoms with Crippen LogP contribution in [0.4, 0.5) is 0 Å². The quantitative estimate of drug-likeness (QED) is 0.412. The smallest absolute Gasteiger partial charge is 0.216 e. The Morgan fingerprint density at radius 1 is 1.43 bits per heavy atom. The first-order valence-electron chi connectivity index (χ1n) is 8.02. The minimum atomic E-state index is 0.456. The number of nitrogens with one attached hydrogen (secondary N) is 1. The minimum Gasteiger partial charge on any atom is -0.481 e. The number of rotatable bonds is 7. The Kier molecular flexibility index (Phi) is 6.66. The van der Waals surface area contributed by atoms with Crippen LogP contribution in [0.3, 0.4) is 0 Å². The summed E-state index contributed by atoms with van der Waals surface area (Å²) in [5, 5.41) is 7.49. The van der Waals surface area contributed by atoms with Gasteiger partial charge in [0.25, 0.3) is 0 Å². The molecule has 0 unspecified atom stereocenters. The normalized spacial score (nSPS) is 16.6. The molecule has 0 saturated carbocycles. The first kappa shape index (κ1) is 17.6. The number of ether oxygens (including phenoxy) is 2. The highest BCUT2D eigenvalue weighted by atomic mass is 16.5. The largest absolute Gasteiger partial charge is 0.481 e. The predicted molar refractivity (Wildman–Crippen MR) is 89.7 cm³/mol. The molecule has 0 bridgehead atoms. The van der Waals surface area contributed by atoms with Crippen LogP contribution in [0.1, 0.15) is 17.7 Å². The predicted octanol–water partition coefficient (Wildman–Crippen LogP) is -0.136. The highest BCUT2D eigenvalue weighted by Gasteiger charge is 2.13. The Bertz CT molecular complexity index is 522. The van der Waals surface area contributed by atoms with Crippen LogP contribution in [-0.2, 0) is 18.3 Å². The van der Waals surface area contributed by atoms with Crippen molar-refractivity contribution in [3.8, 4) is 5.88 Å². The van der Waals surface area contributed by atoms with E-state index in [-0.39, 0.29) is 0 Å². The average Bonchev–Trinajstić information content (AvgIpc) is 2.83. The average molecular weight is 324 g/mol. The molecular formula is C15H28N6O2. The third-order valence-electron chi connectivity index (χ3n) is 3.95. The van der Waals surface area contributed by atoms with E-state index < -0.39 is 0 Å². The van der Waals surface area contributed by atoms with E-state index in [1.807, 2.05) is 14.0 Å². The molecule has 130 valence electrons. The lowest BCUT2D eigenvalue weighted by molar-refractivity contribution is 0.0376. The highest BCUT2D eigenvalue weighted by Crippen LogP contribution is 2.21. The van der Waals surface area contributed by atoms with E-state index in [0.29, 0.717) is 12.5 Å². The number of methoxy groups -OCH3 is 1. The standard InChI is InChI=1S/C15H28N6O2/c1-12-13(14(22-3)20(2)19-12)11-18-15(16)17-5-4-6-21-7-9-23-10-8-21/h4-11H2,1-3H3,(H3,16,17,18). The van der Waals surface area contributed by atoms with Gasteiger partial charge < -0.3 is 20.5 Å². The molecule has 0 aromatic carbocycles. The molecule has 2 rings (SSSR count). The van der Waals surface area contributed by atoms with Crippen molar-refractivity contribution in [3.05, 3.63) is 11.3 Å². The SMILES string of the molecule is COc1c(CN=C(N)NCCCN2CCOCC2)c(C)nn1C. The Labute approximate surface area is 137 Å². The molecule has 1 aliphatic heterocycles. The zero-order valence-corrected chi connectivity index (χ0v) is 14.3. The van der Waals surface area contributed by atoms with E-state index in [0.717, 1.165) is 63.0 Å². The van der Waals surface area contributed by atoms with E-state index in [9.17, 15) is 0 Å². The van der Waals surface area contributed by atoms with Crippen LogP contribution in [0, 0.1) is 6.92 Å². The summed E-state index contributed by atoms with van der Waals surface area (Å²) in [5.41, 5.74) is 7.80. The third kappa shape index (κ3) is 5.11. The van der Waals surface area contributed by atoms with E-state index in [4.69, 9.17) is 15.2 Å². The summed E-state index contributed by atoms with van der Waals surface area (Å²) in [5.74, 6) is 1.18. The second-order valence-electron chi connectivity index (χ2n) is 5.63. The Morgan fingerprint density at radius 2 is 2.17 bits per heavy atom. The first-order valence-corrected chi connectivity index (χ1v) is 8.02. The topological polar surface area (TPSA) is 89.9 Å². The molecule has 8 nitrogen and oxygen atoms in total. The number of aryl methyl sites for hydroxylation is 2. The number of nitrogens with zero attached hydrogens (tertiary/aromatic N) is 4. The fraction of sp³-hybridized carbons (Fsp3) is 0.733. The van der Waals surface area contributed by atoms with Crippen molar-refractivity contribution in [2.45, 2.75) is 19.9 Å². The summed E-state index contributed by atoms with van der Waals surface area (Å²) in [6.45, 7) is 7.99. The van der Waals surface area contributed by atoms with Gasteiger partial charge in [-0.2, -0.15) is 5.10 Å². The molecule has 1 aromatic heterocycles. The van der Waals surface area contributed by atoms with Crippen LogP contribution < -0.4 is 15.8 Å². The maximum absolute atomic E-state index is 5.93. The minimum absolute atomic E-state index is 0.456. The van der Waals surface area contributed by atoms with E-state index in [2.05, 4.69) is 20.3 Å². The van der Waals surface area contributed by atoms with Crippen molar-refractivity contribution in [3.63, 3.8) is 0 Å². The number of morpholine rings is 1. The van der Waals surface area contributed by atoms with Crippen molar-refractivity contribution in [1.29, 1.82) is 0 Å². The molecule has 0 spiro atoms. The van der Waals surface area contributed by atoms with E-state index >= 15 is 0 Å². The zero-order chi connectivity index (χ0) is 16.7. The number of aliphatic imine (C=N–C) groups is 1. The van der Waals surface area contributed by atoms with Gasteiger partial charge in [0.05, 0.1) is 38.1 Å². The van der Waals surface area contributed by atoms with Crippen molar-refractivity contribution >= 4 is 5.96 Å². The molecule has 1 saturated heterocycles. The van der Waals surface area contributed by atoms with Gasteiger partial charge in [0.2, 0.25) is 5.88 Å². The van der Waals surface area contributed by atoms with Crippen LogP contribution >= 0.6 is 0 Å². The monoisotopic (exact) mass is 324 g/mol. The molecule has 2 heterocycles. The van der Waals surface area contributed by atoms with Gasteiger partial charge in [-0.3, -0.25) is 4.90 Å². The van der Waals surface area contributed by atoms with Crippen molar-refractivity contribution in [2.75, 3.05) is 46.5 Å². The van der Waals surface area contributed by atoms with Gasteiger partial charge in [-0.15, -0.1) is 0 Å². The van der Waals surface area contributed by atoms with Crippen LogP contribution in [0.2, 0.25) is 0 Å². The summed E-state index contributed by atoms with van der Waals surface area (Å²) in [6.07, 6.45) is 1.03. The summed E-state index contributed by atoms with van der Waals surface area (Å²) in [4.78, 5) is 6.78. The van der Waals surface area contributed by atoms with Crippen LogP contribution in [0.5, 0.6) is 5.88 Å². The molecule has 3 N–H and O–H groups in total. The van der Waals surface area contributed by atoms with Gasteiger partial charge >= 0.3 is 0 Å². The molecule has 1 fully saturated rings. The van der Waals surface area contributed by atoms with Crippen LogP contribution in [0.25, 0.3) is 0 Å². The fourth-order valence-corrected chi connectivity index (χ4v) is 2.68.